The highest BCUT2D eigenvalue weighted by molar-refractivity contribution is 5.85. The van der Waals surface area contributed by atoms with E-state index < -0.39 is 11.5 Å². The number of benzene rings is 1. The average Bonchev–Trinajstić information content (AvgIpc) is 2.20. The van der Waals surface area contributed by atoms with Crippen LogP contribution in [0.1, 0.15) is 12.5 Å². The highest BCUT2D eigenvalue weighted by Gasteiger charge is 2.28. The Hall–Kier alpha value is -1.46. The molecule has 0 heterocycles. The first-order chi connectivity index (χ1) is 7.36. The third kappa shape index (κ3) is 3.80. The monoisotopic (exact) mass is 261 g/mol. The second kappa shape index (κ2) is 5.75. The molecule has 0 spiro atoms. The number of halogens is 1. The predicted molar refractivity (Wildman–Crippen MR) is 65.8 cm³/mol. The minimum Gasteiger partial charge on any atom is -0.504 e. The maximum absolute atomic E-state index is 10.8. The first-order valence-electron chi connectivity index (χ1n) is 4.75. The van der Waals surface area contributed by atoms with Crippen molar-refractivity contribution in [2.75, 3.05) is 7.11 Å². The molecule has 6 heteroatoms. The van der Waals surface area contributed by atoms with Crippen molar-refractivity contribution in [3.8, 4) is 11.5 Å². The molecule has 0 fully saturated rings. The van der Waals surface area contributed by atoms with Crippen molar-refractivity contribution < 1.29 is 19.7 Å². The Morgan fingerprint density at radius 1 is 1.53 bits per heavy atom. The molecule has 4 N–H and O–H groups in total. The third-order valence-electron chi connectivity index (χ3n) is 2.30. The van der Waals surface area contributed by atoms with Gasteiger partial charge < -0.3 is 20.7 Å². The van der Waals surface area contributed by atoms with Gasteiger partial charge >= 0.3 is 5.97 Å². The number of aromatic hydroxyl groups is 1. The standard InChI is InChI=1S/C11H15NO4.ClH/c1-11(12,10(14)15)6-7-3-4-8(13)9(5-7)16-2;/h3-5,13H,6,12H2,1-2H3,(H,14,15);1H/t11-;/m1./s1. The van der Waals surface area contributed by atoms with Gasteiger partial charge in [0.15, 0.2) is 11.5 Å². The van der Waals surface area contributed by atoms with Crippen LogP contribution in [0.4, 0.5) is 0 Å². The quantitative estimate of drug-likeness (QED) is 0.757. The number of phenols is 1. The van der Waals surface area contributed by atoms with Crippen LogP contribution >= 0.6 is 12.4 Å². The normalized spacial score (nSPS) is 13.4. The van der Waals surface area contributed by atoms with Crippen LogP contribution in [-0.4, -0.2) is 28.8 Å². The summed E-state index contributed by atoms with van der Waals surface area (Å²) in [5, 5.41) is 18.2. The fourth-order valence-corrected chi connectivity index (χ4v) is 1.33. The van der Waals surface area contributed by atoms with Crippen LogP contribution in [0.5, 0.6) is 11.5 Å². The summed E-state index contributed by atoms with van der Waals surface area (Å²) in [5.74, 6) is -0.751. The van der Waals surface area contributed by atoms with Gasteiger partial charge in [0, 0.05) is 6.42 Å². The molecule has 1 aromatic carbocycles. The Labute approximate surface area is 106 Å². The first kappa shape index (κ1) is 15.5. The van der Waals surface area contributed by atoms with E-state index in [0.717, 1.165) is 0 Å². The predicted octanol–water partition coefficient (Wildman–Crippen LogP) is 1.17. The summed E-state index contributed by atoms with van der Waals surface area (Å²) < 4.78 is 4.92. The van der Waals surface area contributed by atoms with E-state index in [-0.39, 0.29) is 24.6 Å². The Balaban J connectivity index is 0.00000256. The topological polar surface area (TPSA) is 92.8 Å². The van der Waals surface area contributed by atoms with E-state index in [1.165, 1.54) is 20.1 Å². The third-order valence-corrected chi connectivity index (χ3v) is 2.30. The zero-order chi connectivity index (χ0) is 12.3. The van der Waals surface area contributed by atoms with Gasteiger partial charge in [-0.25, -0.2) is 0 Å². The van der Waals surface area contributed by atoms with Crippen LogP contribution in [-0.2, 0) is 11.2 Å². The molecule has 96 valence electrons. The highest BCUT2D eigenvalue weighted by Crippen LogP contribution is 2.27. The van der Waals surface area contributed by atoms with Crippen molar-refractivity contribution in [2.45, 2.75) is 18.9 Å². The lowest BCUT2D eigenvalue weighted by atomic mass is 9.94. The molecule has 0 aliphatic carbocycles. The summed E-state index contributed by atoms with van der Waals surface area (Å²) in [6.45, 7) is 1.44. The number of rotatable bonds is 4. The second-order valence-electron chi connectivity index (χ2n) is 3.91. The molecule has 0 radical (unpaired) electrons. The van der Waals surface area contributed by atoms with Crippen LogP contribution in [0.25, 0.3) is 0 Å². The van der Waals surface area contributed by atoms with Gasteiger partial charge in [0.2, 0.25) is 0 Å². The minimum absolute atomic E-state index is 0. The molecule has 0 saturated carbocycles. The van der Waals surface area contributed by atoms with Crippen molar-refractivity contribution in [3.63, 3.8) is 0 Å². The Kier molecular flexibility index (Phi) is 5.25. The van der Waals surface area contributed by atoms with Crippen molar-refractivity contribution >= 4 is 18.4 Å². The van der Waals surface area contributed by atoms with Crippen molar-refractivity contribution in [1.29, 1.82) is 0 Å². The van der Waals surface area contributed by atoms with Crippen LogP contribution in [0, 0.1) is 0 Å². The number of methoxy groups -OCH3 is 1. The lowest BCUT2D eigenvalue weighted by Crippen LogP contribution is -2.46. The Morgan fingerprint density at radius 3 is 2.59 bits per heavy atom. The molecule has 1 aromatic rings. The van der Waals surface area contributed by atoms with Crippen LogP contribution in [0.2, 0.25) is 0 Å². The SMILES string of the molecule is COc1cc(C[C@@](C)(N)C(=O)O)ccc1O.Cl. The summed E-state index contributed by atoms with van der Waals surface area (Å²) in [6, 6.07) is 4.64. The number of nitrogens with two attached hydrogens (primary N) is 1. The summed E-state index contributed by atoms with van der Waals surface area (Å²) in [4.78, 5) is 10.8. The number of carboxylic acid groups (broad SMARTS) is 1. The molecular weight excluding hydrogens is 246 g/mol. The zero-order valence-corrected chi connectivity index (χ0v) is 10.5. The summed E-state index contributed by atoms with van der Waals surface area (Å²) in [6.07, 6.45) is 0.166. The number of hydrogen-bond acceptors (Lipinski definition) is 4. The van der Waals surface area contributed by atoms with Crippen LogP contribution in [0.3, 0.4) is 0 Å². The van der Waals surface area contributed by atoms with Crippen molar-refractivity contribution in [3.05, 3.63) is 23.8 Å². The Morgan fingerprint density at radius 2 is 2.12 bits per heavy atom. The van der Waals surface area contributed by atoms with Gasteiger partial charge in [0.05, 0.1) is 7.11 Å². The average molecular weight is 262 g/mol. The molecule has 1 rings (SSSR count). The molecular formula is C11H16ClNO4. The highest BCUT2D eigenvalue weighted by atomic mass is 35.5. The number of hydrogen-bond donors (Lipinski definition) is 3. The fraction of sp³-hybridized carbons (Fsp3) is 0.364. The number of phenolic OH excluding ortho intramolecular Hbond substituents is 1. The number of carbonyl (C=O) groups is 1. The summed E-state index contributed by atoms with van der Waals surface area (Å²) in [5.41, 5.74) is 4.98. The van der Waals surface area contributed by atoms with E-state index in [0.29, 0.717) is 11.3 Å². The lowest BCUT2D eigenvalue weighted by Gasteiger charge is -2.19. The maximum Gasteiger partial charge on any atom is 0.323 e. The van der Waals surface area contributed by atoms with E-state index in [1.54, 1.807) is 12.1 Å². The van der Waals surface area contributed by atoms with Gasteiger partial charge in [0.25, 0.3) is 0 Å². The fourth-order valence-electron chi connectivity index (χ4n) is 1.33. The molecule has 0 amide bonds. The van der Waals surface area contributed by atoms with Gasteiger partial charge in [0.1, 0.15) is 5.54 Å². The largest absolute Gasteiger partial charge is 0.504 e. The molecule has 17 heavy (non-hydrogen) atoms. The van der Waals surface area contributed by atoms with E-state index in [9.17, 15) is 9.90 Å². The van der Waals surface area contributed by atoms with Crippen LogP contribution < -0.4 is 10.5 Å². The lowest BCUT2D eigenvalue weighted by molar-refractivity contribution is -0.142. The van der Waals surface area contributed by atoms with E-state index in [4.69, 9.17) is 15.6 Å². The molecule has 0 bridgehead atoms. The summed E-state index contributed by atoms with van der Waals surface area (Å²) in [7, 11) is 1.43. The van der Waals surface area contributed by atoms with E-state index in [1.807, 2.05) is 0 Å². The Bertz CT molecular complexity index is 406. The number of ether oxygens (including phenoxy) is 1. The van der Waals surface area contributed by atoms with E-state index >= 15 is 0 Å². The number of carboxylic acids is 1. The smallest absolute Gasteiger partial charge is 0.323 e. The first-order valence-corrected chi connectivity index (χ1v) is 4.75. The van der Waals surface area contributed by atoms with Gasteiger partial charge in [-0.15, -0.1) is 12.4 Å². The zero-order valence-electron chi connectivity index (χ0n) is 9.64. The molecule has 0 aromatic heterocycles. The summed E-state index contributed by atoms with van der Waals surface area (Å²) >= 11 is 0. The minimum atomic E-state index is -1.33. The van der Waals surface area contributed by atoms with Gasteiger partial charge in [-0.2, -0.15) is 0 Å². The molecule has 5 nitrogen and oxygen atoms in total. The molecule has 0 aliphatic rings. The van der Waals surface area contributed by atoms with Crippen molar-refractivity contribution in [2.24, 2.45) is 5.73 Å². The van der Waals surface area contributed by atoms with Crippen LogP contribution in [0.15, 0.2) is 18.2 Å². The number of aliphatic carboxylic acids is 1. The van der Waals surface area contributed by atoms with Gasteiger partial charge in [-0.05, 0) is 24.6 Å². The maximum atomic E-state index is 10.8. The van der Waals surface area contributed by atoms with Gasteiger partial charge in [-0.3, -0.25) is 4.79 Å². The molecule has 0 unspecified atom stereocenters. The molecule has 0 aliphatic heterocycles. The van der Waals surface area contributed by atoms with E-state index in [2.05, 4.69) is 0 Å². The van der Waals surface area contributed by atoms with Crippen molar-refractivity contribution in [1.82, 2.24) is 0 Å². The van der Waals surface area contributed by atoms with Gasteiger partial charge in [-0.1, -0.05) is 6.07 Å². The molecule has 0 saturated heterocycles. The molecule has 1 atom stereocenters. The second-order valence-corrected chi connectivity index (χ2v) is 3.91.